The Labute approximate surface area is 140 Å². The summed E-state index contributed by atoms with van der Waals surface area (Å²) in [4.78, 5) is 23.5. The highest BCUT2D eigenvalue weighted by molar-refractivity contribution is 5.90. The van der Waals surface area contributed by atoms with E-state index in [0.29, 0.717) is 0 Å². The van der Waals surface area contributed by atoms with Gasteiger partial charge in [-0.3, -0.25) is 9.59 Å². The molecular formula is C16H12F3N3O3. The highest BCUT2D eigenvalue weighted by Gasteiger charge is 2.28. The summed E-state index contributed by atoms with van der Waals surface area (Å²) >= 11 is 0. The van der Waals surface area contributed by atoms with Gasteiger partial charge >= 0.3 is 6.18 Å². The van der Waals surface area contributed by atoms with Crippen molar-refractivity contribution < 1.29 is 22.7 Å². The number of nitrogens with zero attached hydrogens (tertiary/aromatic N) is 2. The maximum atomic E-state index is 12.2. The molecule has 0 aliphatic carbocycles. The van der Waals surface area contributed by atoms with Crippen LogP contribution in [-0.4, -0.2) is 23.3 Å². The van der Waals surface area contributed by atoms with Crippen molar-refractivity contribution in [2.45, 2.75) is 12.7 Å². The van der Waals surface area contributed by atoms with E-state index in [1.807, 2.05) is 0 Å². The van der Waals surface area contributed by atoms with Crippen LogP contribution in [0.2, 0.25) is 0 Å². The van der Waals surface area contributed by atoms with Gasteiger partial charge in [-0.25, -0.2) is 0 Å². The van der Waals surface area contributed by atoms with Gasteiger partial charge in [0.1, 0.15) is 18.4 Å². The Kier molecular flexibility index (Phi) is 5.44. The van der Waals surface area contributed by atoms with E-state index >= 15 is 0 Å². The van der Waals surface area contributed by atoms with Crippen LogP contribution in [0.15, 0.2) is 47.4 Å². The standard InChI is InChI=1S/C16H12F3N3O3/c17-16(18,19)10-25-13-5-4-12(7-11(13)8-20)21-14(23)9-22-6-2-1-3-15(22)24/h1-7H,9-10H2,(H,21,23). The Bertz CT molecular complexity index is 869. The van der Waals surface area contributed by atoms with Crippen LogP contribution < -0.4 is 15.6 Å². The quantitative estimate of drug-likeness (QED) is 0.896. The fraction of sp³-hybridized carbons (Fsp3) is 0.188. The van der Waals surface area contributed by atoms with Crippen molar-refractivity contribution >= 4 is 11.6 Å². The monoisotopic (exact) mass is 351 g/mol. The molecule has 0 atom stereocenters. The van der Waals surface area contributed by atoms with Gasteiger partial charge in [0.15, 0.2) is 6.61 Å². The van der Waals surface area contributed by atoms with Gasteiger partial charge < -0.3 is 14.6 Å². The molecule has 6 nitrogen and oxygen atoms in total. The molecule has 0 saturated heterocycles. The predicted molar refractivity (Wildman–Crippen MR) is 82.0 cm³/mol. The van der Waals surface area contributed by atoms with Gasteiger partial charge in [0.05, 0.1) is 5.56 Å². The Morgan fingerprint density at radius 2 is 2.04 bits per heavy atom. The lowest BCUT2D eigenvalue weighted by molar-refractivity contribution is -0.153. The molecule has 1 aromatic carbocycles. The van der Waals surface area contributed by atoms with E-state index in [9.17, 15) is 22.8 Å². The van der Waals surface area contributed by atoms with Crippen LogP contribution >= 0.6 is 0 Å². The number of anilines is 1. The topological polar surface area (TPSA) is 84.1 Å². The van der Waals surface area contributed by atoms with Gasteiger partial charge in [-0.15, -0.1) is 0 Å². The van der Waals surface area contributed by atoms with E-state index in [0.717, 1.165) is 6.07 Å². The number of nitrogens with one attached hydrogen (secondary N) is 1. The minimum atomic E-state index is -4.53. The Balaban J connectivity index is 2.08. The molecule has 130 valence electrons. The number of carbonyl (C=O) groups excluding carboxylic acids is 1. The number of carbonyl (C=O) groups is 1. The molecular weight excluding hydrogens is 339 g/mol. The molecule has 1 amide bonds. The van der Waals surface area contributed by atoms with Crippen molar-refractivity contribution in [3.63, 3.8) is 0 Å². The average Bonchev–Trinajstić information content (AvgIpc) is 2.55. The minimum Gasteiger partial charge on any atom is -0.483 e. The molecule has 0 saturated carbocycles. The molecule has 1 heterocycles. The van der Waals surface area contributed by atoms with Crippen LogP contribution in [-0.2, 0) is 11.3 Å². The van der Waals surface area contributed by atoms with Crippen molar-refractivity contribution in [2.24, 2.45) is 0 Å². The summed E-state index contributed by atoms with van der Waals surface area (Å²) in [5, 5.41) is 11.5. The fourth-order valence-corrected chi connectivity index (χ4v) is 1.93. The van der Waals surface area contributed by atoms with Crippen LogP contribution in [0.3, 0.4) is 0 Å². The predicted octanol–water partition coefficient (Wildman–Crippen LogP) is 2.30. The van der Waals surface area contributed by atoms with E-state index in [-0.39, 0.29) is 29.1 Å². The molecule has 0 radical (unpaired) electrons. The van der Waals surface area contributed by atoms with Crippen molar-refractivity contribution in [3.8, 4) is 11.8 Å². The summed E-state index contributed by atoms with van der Waals surface area (Å²) in [5.41, 5.74) is -0.310. The van der Waals surface area contributed by atoms with Crippen LogP contribution in [0.25, 0.3) is 0 Å². The number of alkyl halides is 3. The Morgan fingerprint density at radius 3 is 2.68 bits per heavy atom. The van der Waals surface area contributed by atoms with Gasteiger partial charge in [-0.2, -0.15) is 18.4 Å². The number of benzene rings is 1. The number of nitriles is 1. The van der Waals surface area contributed by atoms with Crippen molar-refractivity contribution in [2.75, 3.05) is 11.9 Å². The second-order valence-corrected chi connectivity index (χ2v) is 4.94. The molecule has 2 aromatic rings. The largest absolute Gasteiger partial charge is 0.483 e. The van der Waals surface area contributed by atoms with Gasteiger partial charge in [0, 0.05) is 18.0 Å². The average molecular weight is 351 g/mol. The van der Waals surface area contributed by atoms with Gasteiger partial charge in [-0.05, 0) is 24.3 Å². The first kappa shape index (κ1) is 18.1. The number of amides is 1. The van der Waals surface area contributed by atoms with E-state index in [1.54, 1.807) is 12.1 Å². The molecule has 2 rings (SSSR count). The van der Waals surface area contributed by atoms with Crippen molar-refractivity contribution in [3.05, 3.63) is 58.5 Å². The highest BCUT2D eigenvalue weighted by Crippen LogP contribution is 2.24. The van der Waals surface area contributed by atoms with Gasteiger partial charge in [0.2, 0.25) is 5.91 Å². The maximum Gasteiger partial charge on any atom is 0.422 e. The summed E-state index contributed by atoms with van der Waals surface area (Å²) < 4.78 is 42.3. The van der Waals surface area contributed by atoms with E-state index < -0.39 is 18.7 Å². The Hall–Kier alpha value is -3.28. The Morgan fingerprint density at radius 1 is 1.28 bits per heavy atom. The lowest BCUT2D eigenvalue weighted by Crippen LogP contribution is -2.26. The van der Waals surface area contributed by atoms with Crippen molar-refractivity contribution in [1.82, 2.24) is 4.57 Å². The van der Waals surface area contributed by atoms with Crippen LogP contribution in [0.5, 0.6) is 5.75 Å². The second kappa shape index (κ2) is 7.53. The number of hydrogen-bond acceptors (Lipinski definition) is 4. The summed E-state index contributed by atoms with van der Waals surface area (Å²) in [5.74, 6) is -0.766. The lowest BCUT2D eigenvalue weighted by atomic mass is 10.2. The van der Waals surface area contributed by atoms with E-state index in [2.05, 4.69) is 10.1 Å². The fourth-order valence-electron chi connectivity index (χ4n) is 1.93. The first-order valence-corrected chi connectivity index (χ1v) is 6.97. The highest BCUT2D eigenvalue weighted by atomic mass is 19.4. The third-order valence-electron chi connectivity index (χ3n) is 2.99. The number of halogens is 3. The minimum absolute atomic E-state index is 0.154. The van der Waals surface area contributed by atoms with E-state index in [4.69, 9.17) is 5.26 Å². The number of ether oxygens (including phenoxy) is 1. The summed E-state index contributed by atoms with van der Waals surface area (Å²) in [7, 11) is 0. The van der Waals surface area contributed by atoms with Gasteiger partial charge in [0.25, 0.3) is 5.56 Å². The van der Waals surface area contributed by atoms with Gasteiger partial charge in [-0.1, -0.05) is 6.07 Å². The number of pyridine rings is 1. The normalized spacial score (nSPS) is 10.8. The summed E-state index contributed by atoms with van der Waals surface area (Å²) in [6, 6.07) is 9.79. The van der Waals surface area contributed by atoms with Crippen LogP contribution in [0.4, 0.5) is 18.9 Å². The maximum absolute atomic E-state index is 12.2. The molecule has 0 aliphatic heterocycles. The number of hydrogen-bond donors (Lipinski definition) is 1. The molecule has 0 aliphatic rings. The molecule has 0 fully saturated rings. The van der Waals surface area contributed by atoms with Crippen LogP contribution in [0.1, 0.15) is 5.56 Å². The number of rotatable bonds is 5. The molecule has 0 unspecified atom stereocenters. The zero-order valence-corrected chi connectivity index (χ0v) is 12.7. The summed E-state index contributed by atoms with van der Waals surface area (Å²) in [6.45, 7) is -1.77. The second-order valence-electron chi connectivity index (χ2n) is 4.94. The molecule has 1 aromatic heterocycles. The number of aromatic nitrogens is 1. The molecule has 0 bridgehead atoms. The van der Waals surface area contributed by atoms with Crippen molar-refractivity contribution in [1.29, 1.82) is 5.26 Å². The third kappa shape index (κ3) is 5.39. The molecule has 0 spiro atoms. The SMILES string of the molecule is N#Cc1cc(NC(=O)Cn2ccccc2=O)ccc1OCC(F)(F)F. The molecule has 25 heavy (non-hydrogen) atoms. The summed E-state index contributed by atoms with van der Waals surface area (Å²) in [6.07, 6.45) is -3.08. The van der Waals surface area contributed by atoms with Crippen LogP contribution in [0, 0.1) is 11.3 Å². The lowest BCUT2D eigenvalue weighted by Gasteiger charge is -2.12. The zero-order chi connectivity index (χ0) is 18.4. The first-order chi connectivity index (χ1) is 11.8. The molecule has 1 N–H and O–H groups in total. The van der Waals surface area contributed by atoms with E-state index in [1.165, 1.54) is 35.0 Å². The first-order valence-electron chi connectivity index (χ1n) is 6.97. The zero-order valence-electron chi connectivity index (χ0n) is 12.7. The molecule has 9 heteroatoms. The third-order valence-corrected chi connectivity index (χ3v) is 2.99. The smallest absolute Gasteiger partial charge is 0.422 e.